The van der Waals surface area contributed by atoms with E-state index in [1.807, 2.05) is 24.3 Å². The molecule has 2 fully saturated rings. The summed E-state index contributed by atoms with van der Waals surface area (Å²) in [4.78, 5) is 2.66. The van der Waals surface area contributed by atoms with Crippen molar-refractivity contribution in [1.82, 2.24) is 9.47 Å². The second kappa shape index (κ2) is 9.63. The Balaban J connectivity index is 1.53. The molecule has 8 heteroatoms. The van der Waals surface area contributed by atoms with Gasteiger partial charge in [0, 0.05) is 47.9 Å². The highest BCUT2D eigenvalue weighted by Crippen LogP contribution is 2.37. The third-order valence-electron chi connectivity index (χ3n) is 7.62. The molecule has 0 atom stereocenters. The molecule has 1 saturated carbocycles. The summed E-state index contributed by atoms with van der Waals surface area (Å²) in [7, 11) is -4.06. The van der Waals surface area contributed by atoms with Gasteiger partial charge in [0.05, 0.1) is 5.69 Å². The number of nitrogens with two attached hydrogens (primary N) is 1. The molecule has 7 nitrogen and oxygen atoms in total. The lowest BCUT2D eigenvalue weighted by molar-refractivity contribution is 0.0884. The number of hydrogen-bond donors (Lipinski definition) is 2. The van der Waals surface area contributed by atoms with Gasteiger partial charge in [-0.1, -0.05) is 32.0 Å². The van der Waals surface area contributed by atoms with E-state index in [1.165, 1.54) is 31.9 Å². The number of nitrogens with one attached hydrogen (secondary N) is 1. The summed E-state index contributed by atoms with van der Waals surface area (Å²) in [5.41, 5.74) is 2.44. The van der Waals surface area contributed by atoms with Gasteiger partial charge in [0.15, 0.2) is 0 Å². The number of likely N-dealkylation sites (tertiary alicyclic amines) is 1. The fourth-order valence-corrected chi connectivity index (χ4v) is 6.12. The zero-order valence-corrected chi connectivity index (χ0v) is 20.0. The number of rotatable bonds is 7. The number of para-hydroxylation sites is 1. The van der Waals surface area contributed by atoms with Crippen LogP contribution in [0.5, 0.6) is 0 Å². The van der Waals surface area contributed by atoms with E-state index in [2.05, 4.69) is 23.3 Å². The highest BCUT2D eigenvalue weighted by molar-refractivity contribution is 7.84. The first-order chi connectivity index (χ1) is 15.3. The molecule has 0 spiro atoms. The first-order valence-corrected chi connectivity index (χ1v) is 13.3. The van der Waals surface area contributed by atoms with Crippen LogP contribution in [0, 0.1) is 17.2 Å². The largest absolute Gasteiger partial charge is 0.339 e. The van der Waals surface area contributed by atoms with E-state index in [4.69, 9.17) is 14.7 Å². The Morgan fingerprint density at radius 1 is 1.09 bits per heavy atom. The standard InChI is InChI=1S/C24H36N4O3S/c1-17(2)18-7-9-19(10-8-18)27-13-11-20(12-14-27)28-23-6-4-3-5-21(23)22(15-25)24(28)16-31-32(26,29)30/h3-6,15,17-20,25H,7-14,16H2,1-2H3,(H2,26,29,30)/t18-,19+. The van der Waals surface area contributed by atoms with Gasteiger partial charge in [-0.05, 0) is 56.4 Å². The zero-order chi connectivity index (χ0) is 22.9. The van der Waals surface area contributed by atoms with Gasteiger partial charge in [-0.15, -0.1) is 0 Å². The summed E-state index contributed by atoms with van der Waals surface area (Å²) >= 11 is 0. The minimum Gasteiger partial charge on any atom is -0.339 e. The smallest absolute Gasteiger partial charge is 0.333 e. The van der Waals surface area contributed by atoms with Crippen molar-refractivity contribution in [3.63, 3.8) is 0 Å². The number of aromatic nitrogens is 1. The first kappa shape index (κ1) is 23.4. The molecule has 1 aromatic carbocycles. The van der Waals surface area contributed by atoms with Crippen molar-refractivity contribution in [2.75, 3.05) is 13.1 Å². The van der Waals surface area contributed by atoms with E-state index in [-0.39, 0.29) is 12.6 Å². The van der Waals surface area contributed by atoms with Crippen molar-refractivity contribution in [2.24, 2.45) is 17.0 Å². The average Bonchev–Trinajstić information content (AvgIpc) is 3.10. The van der Waals surface area contributed by atoms with Crippen molar-refractivity contribution in [3.05, 3.63) is 35.5 Å². The zero-order valence-electron chi connectivity index (χ0n) is 19.2. The summed E-state index contributed by atoms with van der Waals surface area (Å²) in [5.74, 6) is 1.65. The molecule has 3 N–H and O–H groups in total. The van der Waals surface area contributed by atoms with Crippen LogP contribution in [-0.4, -0.2) is 43.2 Å². The van der Waals surface area contributed by atoms with Gasteiger partial charge in [0.1, 0.15) is 6.61 Å². The molecule has 2 aliphatic rings. The van der Waals surface area contributed by atoms with Crippen molar-refractivity contribution < 1.29 is 12.6 Å². The van der Waals surface area contributed by atoms with Crippen molar-refractivity contribution in [1.29, 1.82) is 5.41 Å². The molecule has 1 aliphatic heterocycles. The molecule has 0 radical (unpaired) electrons. The van der Waals surface area contributed by atoms with Gasteiger partial charge in [0.25, 0.3) is 0 Å². The molecular formula is C24H36N4O3S. The Labute approximate surface area is 191 Å². The molecule has 1 aromatic heterocycles. The van der Waals surface area contributed by atoms with Crippen LogP contribution in [0.2, 0.25) is 0 Å². The fourth-order valence-electron chi connectivity index (χ4n) is 5.85. The Morgan fingerprint density at radius 3 is 2.34 bits per heavy atom. The number of piperidine rings is 1. The fraction of sp³-hybridized carbons (Fsp3) is 0.625. The molecule has 2 aromatic rings. The van der Waals surface area contributed by atoms with E-state index in [1.54, 1.807) is 0 Å². The van der Waals surface area contributed by atoms with Gasteiger partial charge < -0.3 is 14.9 Å². The maximum atomic E-state index is 11.5. The molecule has 1 aliphatic carbocycles. The van der Waals surface area contributed by atoms with E-state index in [0.717, 1.165) is 48.7 Å². The SMILES string of the molecule is CC(C)[C@H]1CC[C@@H](N2CCC(n3c(COS(N)(=O)=O)c(C=N)c4ccccc43)CC2)CC1. The number of nitrogens with zero attached hydrogens (tertiary/aromatic N) is 2. The van der Waals surface area contributed by atoms with Gasteiger partial charge in [-0.2, -0.15) is 8.42 Å². The van der Waals surface area contributed by atoms with E-state index < -0.39 is 10.3 Å². The minimum atomic E-state index is -4.06. The van der Waals surface area contributed by atoms with E-state index in [9.17, 15) is 8.42 Å². The normalized spacial score (nSPS) is 23.8. The molecule has 0 unspecified atom stereocenters. The van der Waals surface area contributed by atoms with Crippen molar-refractivity contribution in [3.8, 4) is 0 Å². The summed E-state index contributed by atoms with van der Waals surface area (Å²) in [6, 6.07) is 8.89. The lowest BCUT2D eigenvalue weighted by atomic mass is 9.79. The second-order valence-electron chi connectivity index (χ2n) is 9.73. The third kappa shape index (κ3) is 4.93. The summed E-state index contributed by atoms with van der Waals surface area (Å²) in [5, 5.41) is 14.0. The van der Waals surface area contributed by atoms with Crippen LogP contribution in [0.4, 0.5) is 0 Å². The molecule has 0 amide bonds. The maximum absolute atomic E-state index is 11.5. The van der Waals surface area contributed by atoms with Crippen LogP contribution >= 0.6 is 0 Å². The monoisotopic (exact) mass is 460 g/mol. The van der Waals surface area contributed by atoms with Crippen LogP contribution in [0.25, 0.3) is 10.9 Å². The topological polar surface area (TPSA) is 101 Å². The van der Waals surface area contributed by atoms with Crippen LogP contribution < -0.4 is 5.14 Å². The number of hydrogen-bond acceptors (Lipinski definition) is 5. The summed E-state index contributed by atoms with van der Waals surface area (Å²) in [6.45, 7) is 6.63. The van der Waals surface area contributed by atoms with Gasteiger partial charge >= 0.3 is 10.3 Å². The quantitative estimate of drug-likeness (QED) is 0.604. The van der Waals surface area contributed by atoms with E-state index in [0.29, 0.717) is 17.3 Å². The Bertz CT molecular complexity index is 1050. The van der Waals surface area contributed by atoms with Crippen LogP contribution in [0.3, 0.4) is 0 Å². The molecular weight excluding hydrogens is 424 g/mol. The predicted molar refractivity (Wildman–Crippen MR) is 128 cm³/mol. The highest BCUT2D eigenvalue weighted by Gasteiger charge is 2.32. The predicted octanol–water partition coefficient (Wildman–Crippen LogP) is 4.21. The lowest BCUT2D eigenvalue weighted by Gasteiger charge is -2.42. The lowest BCUT2D eigenvalue weighted by Crippen LogP contribution is -2.44. The average molecular weight is 461 g/mol. The van der Waals surface area contributed by atoms with Crippen LogP contribution in [0.1, 0.15) is 69.7 Å². The first-order valence-electron chi connectivity index (χ1n) is 11.8. The second-order valence-corrected chi connectivity index (χ2v) is 10.9. The number of benzene rings is 1. The molecule has 176 valence electrons. The number of fused-ring (bicyclic) bond motifs is 1. The van der Waals surface area contributed by atoms with Crippen molar-refractivity contribution >= 4 is 27.4 Å². The Morgan fingerprint density at radius 2 is 1.75 bits per heavy atom. The summed E-state index contributed by atoms with van der Waals surface area (Å²) < 4.78 is 30.1. The molecule has 0 bridgehead atoms. The van der Waals surface area contributed by atoms with Crippen LogP contribution in [-0.2, 0) is 21.1 Å². The van der Waals surface area contributed by atoms with Crippen LogP contribution in [0.15, 0.2) is 24.3 Å². The van der Waals surface area contributed by atoms with Crippen molar-refractivity contribution in [2.45, 2.75) is 71.1 Å². The molecule has 1 saturated heterocycles. The highest BCUT2D eigenvalue weighted by atomic mass is 32.2. The van der Waals surface area contributed by atoms with Gasteiger partial charge in [-0.25, -0.2) is 5.14 Å². The van der Waals surface area contributed by atoms with E-state index >= 15 is 0 Å². The molecule has 32 heavy (non-hydrogen) atoms. The summed E-state index contributed by atoms with van der Waals surface area (Å²) in [6.07, 6.45) is 8.56. The Kier molecular flexibility index (Phi) is 7.05. The minimum absolute atomic E-state index is 0.155. The van der Waals surface area contributed by atoms with Gasteiger partial charge in [0.2, 0.25) is 0 Å². The van der Waals surface area contributed by atoms with Gasteiger partial charge in [-0.3, -0.25) is 4.18 Å². The molecule has 2 heterocycles. The molecule has 4 rings (SSSR count). The maximum Gasteiger partial charge on any atom is 0.333 e. The third-order valence-corrected chi connectivity index (χ3v) is 8.07. The Hall–Kier alpha value is -1.74.